The van der Waals surface area contributed by atoms with E-state index in [1.54, 1.807) is 6.20 Å². The molecule has 0 saturated heterocycles. The van der Waals surface area contributed by atoms with Crippen molar-refractivity contribution in [2.75, 3.05) is 5.32 Å². The van der Waals surface area contributed by atoms with Gasteiger partial charge in [-0.3, -0.25) is 4.79 Å². The first kappa shape index (κ1) is 14.8. The zero-order valence-electron chi connectivity index (χ0n) is 12.6. The predicted octanol–water partition coefficient (Wildman–Crippen LogP) is 3.21. The normalized spacial score (nSPS) is 22.6. The highest BCUT2D eigenvalue weighted by atomic mass is 16.1. The second kappa shape index (κ2) is 6.73. The van der Waals surface area contributed by atoms with Crippen molar-refractivity contribution in [2.45, 2.75) is 58.5 Å². The van der Waals surface area contributed by atoms with Crippen molar-refractivity contribution < 1.29 is 4.79 Å². The summed E-state index contributed by atoms with van der Waals surface area (Å²) in [6.45, 7) is 6.36. The molecule has 0 unspecified atom stereocenters. The summed E-state index contributed by atoms with van der Waals surface area (Å²) in [7, 11) is 0. The van der Waals surface area contributed by atoms with E-state index in [4.69, 9.17) is 0 Å². The maximum absolute atomic E-state index is 12.4. The molecule has 20 heavy (non-hydrogen) atoms. The summed E-state index contributed by atoms with van der Waals surface area (Å²) in [6.07, 6.45) is 6.29. The monoisotopic (exact) mass is 275 g/mol. The van der Waals surface area contributed by atoms with Gasteiger partial charge in [0.2, 0.25) is 0 Å². The van der Waals surface area contributed by atoms with Gasteiger partial charge in [-0.05, 0) is 57.6 Å². The van der Waals surface area contributed by atoms with Crippen LogP contribution in [0.5, 0.6) is 0 Å². The minimum absolute atomic E-state index is 0.0131. The van der Waals surface area contributed by atoms with E-state index in [1.807, 2.05) is 26.0 Å². The third-order valence-corrected chi connectivity index (χ3v) is 3.83. The first-order valence-electron chi connectivity index (χ1n) is 7.58. The number of nitrogens with zero attached hydrogens (tertiary/aromatic N) is 1. The van der Waals surface area contributed by atoms with Gasteiger partial charge in [0.1, 0.15) is 5.82 Å². The Morgan fingerprint density at radius 1 is 1.30 bits per heavy atom. The van der Waals surface area contributed by atoms with E-state index >= 15 is 0 Å². The minimum atomic E-state index is -0.0131. The topological polar surface area (TPSA) is 54.0 Å². The molecule has 1 aliphatic rings. The average Bonchev–Trinajstić information content (AvgIpc) is 2.41. The molecule has 1 aromatic heterocycles. The third kappa shape index (κ3) is 3.95. The molecule has 2 N–H and O–H groups in total. The van der Waals surface area contributed by atoms with Crippen LogP contribution in [0.4, 0.5) is 5.82 Å². The molecule has 1 saturated carbocycles. The van der Waals surface area contributed by atoms with E-state index in [0.717, 1.165) is 18.8 Å². The van der Waals surface area contributed by atoms with Crippen molar-refractivity contribution >= 4 is 11.7 Å². The zero-order chi connectivity index (χ0) is 14.5. The summed E-state index contributed by atoms with van der Waals surface area (Å²) in [6, 6.07) is 4.21. The Morgan fingerprint density at radius 3 is 2.65 bits per heavy atom. The fraction of sp³-hybridized carbons (Fsp3) is 0.625. The SMILES string of the molecule is CC1CCC(NC(=O)c2cccnc2NC(C)C)CC1. The van der Waals surface area contributed by atoms with Gasteiger partial charge in [-0.25, -0.2) is 4.98 Å². The molecule has 110 valence electrons. The molecule has 1 aromatic rings. The highest BCUT2D eigenvalue weighted by molar-refractivity contribution is 5.98. The number of hydrogen-bond donors (Lipinski definition) is 2. The zero-order valence-corrected chi connectivity index (χ0v) is 12.6. The summed E-state index contributed by atoms with van der Waals surface area (Å²) in [5.41, 5.74) is 0.639. The van der Waals surface area contributed by atoms with E-state index in [0.29, 0.717) is 17.4 Å². The van der Waals surface area contributed by atoms with Crippen LogP contribution in [-0.4, -0.2) is 23.0 Å². The van der Waals surface area contributed by atoms with Crippen molar-refractivity contribution in [3.8, 4) is 0 Å². The molecule has 0 radical (unpaired) electrons. The van der Waals surface area contributed by atoms with E-state index in [2.05, 4.69) is 22.5 Å². The second-order valence-corrected chi connectivity index (χ2v) is 6.13. The number of anilines is 1. The van der Waals surface area contributed by atoms with Gasteiger partial charge in [0, 0.05) is 18.3 Å². The number of nitrogens with one attached hydrogen (secondary N) is 2. The largest absolute Gasteiger partial charge is 0.367 e. The van der Waals surface area contributed by atoms with Crippen LogP contribution in [0.25, 0.3) is 0 Å². The molecule has 0 bridgehead atoms. The van der Waals surface area contributed by atoms with E-state index in [-0.39, 0.29) is 11.9 Å². The van der Waals surface area contributed by atoms with Crippen LogP contribution in [0.1, 0.15) is 56.8 Å². The lowest BCUT2D eigenvalue weighted by molar-refractivity contribution is 0.0923. The Labute approximate surface area is 121 Å². The van der Waals surface area contributed by atoms with Crippen molar-refractivity contribution in [3.63, 3.8) is 0 Å². The van der Waals surface area contributed by atoms with E-state index in [1.165, 1.54) is 12.8 Å². The fourth-order valence-electron chi connectivity index (χ4n) is 2.64. The van der Waals surface area contributed by atoms with Crippen LogP contribution in [0.2, 0.25) is 0 Å². The van der Waals surface area contributed by atoms with Crippen LogP contribution in [0.15, 0.2) is 18.3 Å². The minimum Gasteiger partial charge on any atom is -0.367 e. The molecule has 0 spiro atoms. The van der Waals surface area contributed by atoms with Crippen molar-refractivity contribution in [3.05, 3.63) is 23.9 Å². The Bertz CT molecular complexity index is 451. The number of pyridine rings is 1. The van der Waals surface area contributed by atoms with Gasteiger partial charge in [-0.15, -0.1) is 0 Å². The van der Waals surface area contributed by atoms with Crippen LogP contribution in [-0.2, 0) is 0 Å². The molecular weight excluding hydrogens is 250 g/mol. The summed E-state index contributed by atoms with van der Waals surface area (Å²) in [4.78, 5) is 16.7. The lowest BCUT2D eigenvalue weighted by Gasteiger charge is -2.27. The molecule has 0 atom stereocenters. The predicted molar refractivity (Wildman–Crippen MR) is 81.9 cm³/mol. The van der Waals surface area contributed by atoms with Gasteiger partial charge in [-0.2, -0.15) is 0 Å². The maximum Gasteiger partial charge on any atom is 0.255 e. The van der Waals surface area contributed by atoms with Crippen molar-refractivity contribution in [2.24, 2.45) is 5.92 Å². The molecule has 4 heteroatoms. The van der Waals surface area contributed by atoms with Crippen LogP contribution < -0.4 is 10.6 Å². The lowest BCUT2D eigenvalue weighted by Crippen LogP contribution is -2.37. The van der Waals surface area contributed by atoms with Gasteiger partial charge in [0.25, 0.3) is 5.91 Å². The standard InChI is InChI=1S/C16H25N3O/c1-11(2)18-15-14(5-4-10-17-15)16(20)19-13-8-6-12(3)7-9-13/h4-5,10-13H,6-9H2,1-3H3,(H,17,18)(H,19,20). The van der Waals surface area contributed by atoms with Gasteiger partial charge in [0.15, 0.2) is 0 Å². The van der Waals surface area contributed by atoms with Crippen LogP contribution in [0.3, 0.4) is 0 Å². The van der Waals surface area contributed by atoms with Gasteiger partial charge >= 0.3 is 0 Å². The molecule has 1 aliphatic carbocycles. The number of rotatable bonds is 4. The molecule has 1 amide bonds. The number of carbonyl (C=O) groups excluding carboxylic acids is 1. The molecule has 0 aromatic carbocycles. The molecule has 2 rings (SSSR count). The van der Waals surface area contributed by atoms with E-state index in [9.17, 15) is 4.79 Å². The number of hydrogen-bond acceptors (Lipinski definition) is 3. The smallest absolute Gasteiger partial charge is 0.255 e. The van der Waals surface area contributed by atoms with Crippen LogP contribution >= 0.6 is 0 Å². The Balaban J connectivity index is 2.01. The van der Waals surface area contributed by atoms with E-state index < -0.39 is 0 Å². The molecule has 4 nitrogen and oxygen atoms in total. The molecule has 0 aliphatic heterocycles. The average molecular weight is 275 g/mol. The van der Waals surface area contributed by atoms with Gasteiger partial charge in [-0.1, -0.05) is 6.92 Å². The lowest BCUT2D eigenvalue weighted by atomic mass is 9.87. The van der Waals surface area contributed by atoms with Crippen molar-refractivity contribution in [1.82, 2.24) is 10.3 Å². The second-order valence-electron chi connectivity index (χ2n) is 6.13. The Morgan fingerprint density at radius 2 is 2.00 bits per heavy atom. The molecule has 1 fully saturated rings. The van der Waals surface area contributed by atoms with Gasteiger partial charge < -0.3 is 10.6 Å². The Kier molecular flexibility index (Phi) is 4.99. The quantitative estimate of drug-likeness (QED) is 0.887. The Hall–Kier alpha value is -1.58. The first-order chi connectivity index (χ1) is 9.56. The molecular formula is C16H25N3O. The summed E-state index contributed by atoms with van der Waals surface area (Å²) in [5.74, 6) is 1.45. The summed E-state index contributed by atoms with van der Waals surface area (Å²) >= 11 is 0. The summed E-state index contributed by atoms with van der Waals surface area (Å²) in [5, 5.41) is 6.38. The maximum atomic E-state index is 12.4. The highest BCUT2D eigenvalue weighted by Gasteiger charge is 2.21. The highest BCUT2D eigenvalue weighted by Crippen LogP contribution is 2.24. The number of aromatic nitrogens is 1. The van der Waals surface area contributed by atoms with Crippen LogP contribution in [0, 0.1) is 5.92 Å². The third-order valence-electron chi connectivity index (χ3n) is 3.83. The fourth-order valence-corrected chi connectivity index (χ4v) is 2.64. The molecule has 1 heterocycles. The summed E-state index contributed by atoms with van der Waals surface area (Å²) < 4.78 is 0. The van der Waals surface area contributed by atoms with Gasteiger partial charge in [0.05, 0.1) is 5.56 Å². The van der Waals surface area contributed by atoms with Crippen molar-refractivity contribution in [1.29, 1.82) is 0 Å². The first-order valence-corrected chi connectivity index (χ1v) is 7.58. The number of amides is 1. The number of carbonyl (C=O) groups is 1.